The van der Waals surface area contributed by atoms with Crippen LogP contribution in [0.1, 0.15) is 25.6 Å². The Bertz CT molecular complexity index is 487. The molecular formula is C12H18F3N5O. The summed E-state index contributed by atoms with van der Waals surface area (Å²) >= 11 is 0. The highest BCUT2D eigenvalue weighted by molar-refractivity contribution is 5.74. The van der Waals surface area contributed by atoms with E-state index in [0.717, 1.165) is 0 Å². The van der Waals surface area contributed by atoms with E-state index >= 15 is 0 Å². The number of hydrogen-bond donors (Lipinski definition) is 1. The van der Waals surface area contributed by atoms with Crippen molar-refractivity contribution >= 4 is 6.03 Å². The highest BCUT2D eigenvalue weighted by Gasteiger charge is 2.42. The first kappa shape index (κ1) is 15.6. The van der Waals surface area contributed by atoms with Crippen LogP contribution in [0.2, 0.25) is 0 Å². The molecule has 0 aliphatic carbocycles. The lowest BCUT2D eigenvalue weighted by Gasteiger charge is -2.33. The van der Waals surface area contributed by atoms with Gasteiger partial charge in [0.2, 0.25) is 0 Å². The zero-order chi connectivity index (χ0) is 15.5. The fourth-order valence-corrected chi connectivity index (χ4v) is 2.38. The van der Waals surface area contributed by atoms with E-state index in [1.54, 1.807) is 10.9 Å². The number of urea groups is 1. The summed E-state index contributed by atoms with van der Waals surface area (Å²) in [5, 5.41) is 10.2. The number of alkyl halides is 3. The molecule has 2 heterocycles. The Hall–Kier alpha value is -1.80. The van der Waals surface area contributed by atoms with Crippen molar-refractivity contribution in [3.05, 3.63) is 12.2 Å². The van der Waals surface area contributed by atoms with Crippen molar-refractivity contribution in [3.63, 3.8) is 0 Å². The quantitative estimate of drug-likeness (QED) is 0.926. The number of aromatic nitrogens is 3. The Balaban J connectivity index is 1.88. The molecule has 1 aromatic rings. The predicted molar refractivity (Wildman–Crippen MR) is 68.3 cm³/mol. The van der Waals surface area contributed by atoms with Gasteiger partial charge < -0.3 is 14.8 Å². The number of carbonyl (C=O) groups is 1. The summed E-state index contributed by atoms with van der Waals surface area (Å²) in [6, 6.07) is -0.491. The van der Waals surface area contributed by atoms with Crippen molar-refractivity contribution in [2.45, 2.75) is 39.0 Å². The molecule has 9 heteroatoms. The molecule has 21 heavy (non-hydrogen) atoms. The van der Waals surface area contributed by atoms with Crippen molar-refractivity contribution in [2.24, 2.45) is 5.92 Å². The molecule has 2 amide bonds. The lowest BCUT2D eigenvalue weighted by atomic mass is 9.98. The van der Waals surface area contributed by atoms with E-state index in [1.165, 1.54) is 4.90 Å². The molecule has 2 rings (SSSR count). The van der Waals surface area contributed by atoms with E-state index in [1.807, 2.05) is 6.92 Å². The van der Waals surface area contributed by atoms with Gasteiger partial charge in [-0.1, -0.05) is 0 Å². The number of likely N-dealkylation sites (tertiary alicyclic amines) is 1. The van der Waals surface area contributed by atoms with E-state index in [-0.39, 0.29) is 19.5 Å². The molecular weight excluding hydrogens is 287 g/mol. The zero-order valence-electron chi connectivity index (χ0n) is 11.7. The van der Waals surface area contributed by atoms with Crippen LogP contribution >= 0.6 is 0 Å². The second-order valence-corrected chi connectivity index (χ2v) is 5.02. The molecule has 0 unspecified atom stereocenters. The third-order valence-electron chi connectivity index (χ3n) is 3.61. The molecule has 0 saturated carbocycles. The summed E-state index contributed by atoms with van der Waals surface area (Å²) in [5.41, 5.74) is 0. The standard InChI is InChI=1S/C12H18F3N5O/c1-2-19-8-17-18-10(19)6-16-11(21)20-5-3-4-9(7-20)12(13,14)15/h8-9H,2-7H2,1H3,(H,16,21)/t9-/m0/s1. The Morgan fingerprint density at radius 1 is 1.52 bits per heavy atom. The molecule has 0 spiro atoms. The zero-order valence-corrected chi connectivity index (χ0v) is 11.7. The Labute approximate surface area is 120 Å². The average molecular weight is 305 g/mol. The first-order valence-electron chi connectivity index (χ1n) is 6.88. The topological polar surface area (TPSA) is 63.1 Å². The molecule has 1 fully saturated rings. The lowest BCUT2D eigenvalue weighted by Crippen LogP contribution is -2.48. The van der Waals surface area contributed by atoms with E-state index in [2.05, 4.69) is 15.5 Å². The number of nitrogens with zero attached hydrogens (tertiary/aromatic N) is 4. The smallest absolute Gasteiger partial charge is 0.331 e. The number of aryl methyl sites for hydroxylation is 1. The highest BCUT2D eigenvalue weighted by Crippen LogP contribution is 2.33. The molecule has 1 N–H and O–H groups in total. The SMILES string of the molecule is CCn1cnnc1CNC(=O)N1CCC[C@H](C(F)(F)F)C1. The van der Waals surface area contributed by atoms with Crippen molar-refractivity contribution < 1.29 is 18.0 Å². The normalized spacial score (nSPS) is 19.6. The van der Waals surface area contributed by atoms with Gasteiger partial charge in [-0.15, -0.1) is 10.2 Å². The molecule has 0 bridgehead atoms. The van der Waals surface area contributed by atoms with Crippen LogP contribution in [-0.4, -0.2) is 45.0 Å². The van der Waals surface area contributed by atoms with Gasteiger partial charge in [-0.2, -0.15) is 13.2 Å². The van der Waals surface area contributed by atoms with E-state index < -0.39 is 18.1 Å². The number of amides is 2. The van der Waals surface area contributed by atoms with Crippen molar-refractivity contribution in [1.82, 2.24) is 25.0 Å². The second-order valence-electron chi connectivity index (χ2n) is 5.02. The summed E-state index contributed by atoms with van der Waals surface area (Å²) in [5.74, 6) is -0.855. The molecule has 1 saturated heterocycles. The minimum atomic E-state index is -4.25. The van der Waals surface area contributed by atoms with Gasteiger partial charge in [0.15, 0.2) is 5.82 Å². The Morgan fingerprint density at radius 3 is 2.95 bits per heavy atom. The molecule has 1 aliphatic rings. The van der Waals surface area contributed by atoms with E-state index in [4.69, 9.17) is 0 Å². The van der Waals surface area contributed by atoms with Gasteiger partial charge in [-0.25, -0.2) is 4.79 Å². The van der Waals surface area contributed by atoms with E-state index in [0.29, 0.717) is 25.3 Å². The van der Waals surface area contributed by atoms with Gasteiger partial charge in [0, 0.05) is 19.6 Å². The summed E-state index contributed by atoms with van der Waals surface area (Å²) in [4.78, 5) is 13.2. The molecule has 0 radical (unpaired) electrons. The van der Waals surface area contributed by atoms with Gasteiger partial charge >= 0.3 is 12.2 Å². The maximum Gasteiger partial charge on any atom is 0.393 e. The number of hydrogen-bond acceptors (Lipinski definition) is 3. The molecule has 0 aromatic carbocycles. The number of carbonyl (C=O) groups excluding carboxylic acids is 1. The van der Waals surface area contributed by atoms with Gasteiger partial charge in [0.1, 0.15) is 6.33 Å². The summed E-state index contributed by atoms with van der Waals surface area (Å²) < 4.78 is 39.9. The Kier molecular flexibility index (Phi) is 4.69. The molecule has 1 aliphatic heterocycles. The largest absolute Gasteiger partial charge is 0.393 e. The maximum absolute atomic E-state index is 12.7. The molecule has 6 nitrogen and oxygen atoms in total. The average Bonchev–Trinajstić information content (AvgIpc) is 2.91. The summed E-state index contributed by atoms with van der Waals surface area (Å²) in [6.45, 7) is 2.79. The minimum absolute atomic E-state index is 0.0808. The van der Waals surface area contributed by atoms with Crippen LogP contribution < -0.4 is 5.32 Å². The lowest BCUT2D eigenvalue weighted by molar-refractivity contribution is -0.184. The maximum atomic E-state index is 12.7. The van der Waals surface area contributed by atoms with Crippen LogP contribution in [0, 0.1) is 5.92 Å². The van der Waals surface area contributed by atoms with Crippen LogP contribution in [0.25, 0.3) is 0 Å². The van der Waals surface area contributed by atoms with Crippen molar-refractivity contribution in [1.29, 1.82) is 0 Å². The van der Waals surface area contributed by atoms with Gasteiger partial charge in [-0.3, -0.25) is 0 Å². The minimum Gasteiger partial charge on any atom is -0.331 e. The van der Waals surface area contributed by atoms with Crippen LogP contribution in [-0.2, 0) is 13.1 Å². The van der Waals surface area contributed by atoms with Crippen molar-refractivity contribution in [3.8, 4) is 0 Å². The third kappa shape index (κ3) is 3.85. The number of rotatable bonds is 3. The third-order valence-corrected chi connectivity index (χ3v) is 3.61. The fourth-order valence-electron chi connectivity index (χ4n) is 2.38. The fraction of sp³-hybridized carbons (Fsp3) is 0.750. The van der Waals surface area contributed by atoms with Gasteiger partial charge in [0.05, 0.1) is 12.5 Å². The predicted octanol–water partition coefficient (Wildman–Crippen LogP) is 1.78. The molecule has 1 aromatic heterocycles. The monoisotopic (exact) mass is 305 g/mol. The van der Waals surface area contributed by atoms with E-state index in [9.17, 15) is 18.0 Å². The molecule has 1 atom stereocenters. The van der Waals surface area contributed by atoms with Crippen LogP contribution in [0.3, 0.4) is 0 Å². The number of nitrogens with one attached hydrogen (secondary N) is 1. The van der Waals surface area contributed by atoms with Gasteiger partial charge in [-0.05, 0) is 19.8 Å². The van der Waals surface area contributed by atoms with Gasteiger partial charge in [0.25, 0.3) is 0 Å². The van der Waals surface area contributed by atoms with Crippen molar-refractivity contribution in [2.75, 3.05) is 13.1 Å². The second kappa shape index (κ2) is 6.31. The molecule has 118 valence electrons. The summed E-state index contributed by atoms with van der Waals surface area (Å²) in [6.07, 6.45) is -2.26. The van der Waals surface area contributed by atoms with Crippen LogP contribution in [0.15, 0.2) is 6.33 Å². The summed E-state index contributed by atoms with van der Waals surface area (Å²) in [7, 11) is 0. The first-order valence-corrected chi connectivity index (χ1v) is 6.88. The van der Waals surface area contributed by atoms with Crippen LogP contribution in [0.5, 0.6) is 0 Å². The van der Waals surface area contributed by atoms with Crippen LogP contribution in [0.4, 0.5) is 18.0 Å². The number of halogens is 3. The highest BCUT2D eigenvalue weighted by atomic mass is 19.4. The Morgan fingerprint density at radius 2 is 2.29 bits per heavy atom. The number of piperidine rings is 1. The first-order chi connectivity index (χ1) is 9.91.